The molecule has 0 spiro atoms. The van der Waals surface area contributed by atoms with Crippen LogP contribution in [0.25, 0.3) is 0 Å². The third kappa shape index (κ3) is 3.90. The Kier molecular flexibility index (Phi) is 4.92. The van der Waals surface area contributed by atoms with Gasteiger partial charge < -0.3 is 10.1 Å². The molecule has 0 saturated carbocycles. The molecule has 0 unspecified atom stereocenters. The highest BCUT2D eigenvalue weighted by molar-refractivity contribution is 6.29. The Balaban J connectivity index is 1.95. The fraction of sp³-hybridized carbons (Fsp3) is 0.692. The van der Waals surface area contributed by atoms with Crippen LogP contribution in [0.5, 0.6) is 0 Å². The minimum atomic E-state index is 0.316. The van der Waals surface area contributed by atoms with Gasteiger partial charge in [0.25, 0.3) is 0 Å². The zero-order valence-corrected chi connectivity index (χ0v) is 11.7. The summed E-state index contributed by atoms with van der Waals surface area (Å²) in [4.78, 5) is 8.70. The SMILES string of the molecule is CC(C)c1cc(Cl)nc(COC2CCNCC2)n1. The summed E-state index contributed by atoms with van der Waals surface area (Å²) in [6.07, 6.45) is 2.42. The molecule has 0 aromatic carbocycles. The second kappa shape index (κ2) is 6.45. The predicted octanol–water partition coefficient (Wildman–Crippen LogP) is 2.52. The molecule has 4 nitrogen and oxygen atoms in total. The van der Waals surface area contributed by atoms with Crippen molar-refractivity contribution in [2.45, 2.75) is 45.3 Å². The Hall–Kier alpha value is -0.710. The maximum Gasteiger partial charge on any atom is 0.155 e. The predicted molar refractivity (Wildman–Crippen MR) is 71.8 cm³/mol. The van der Waals surface area contributed by atoms with Crippen molar-refractivity contribution in [1.82, 2.24) is 15.3 Å². The van der Waals surface area contributed by atoms with E-state index in [-0.39, 0.29) is 0 Å². The molecule has 1 aliphatic heterocycles. The van der Waals surface area contributed by atoms with Gasteiger partial charge in [-0.15, -0.1) is 0 Å². The first-order chi connectivity index (χ1) is 8.65. The van der Waals surface area contributed by atoms with Crippen LogP contribution in [0.2, 0.25) is 5.15 Å². The highest BCUT2D eigenvalue weighted by Gasteiger charge is 2.14. The zero-order valence-electron chi connectivity index (χ0n) is 10.9. The van der Waals surface area contributed by atoms with Crippen molar-refractivity contribution in [3.8, 4) is 0 Å². The lowest BCUT2D eigenvalue weighted by Gasteiger charge is -2.22. The molecule has 1 fully saturated rings. The average molecular weight is 270 g/mol. The lowest BCUT2D eigenvalue weighted by Crippen LogP contribution is -2.32. The van der Waals surface area contributed by atoms with E-state index in [0.717, 1.165) is 31.6 Å². The van der Waals surface area contributed by atoms with Crippen LogP contribution in [0.1, 0.15) is 44.1 Å². The van der Waals surface area contributed by atoms with Crippen molar-refractivity contribution < 1.29 is 4.74 Å². The minimum Gasteiger partial charge on any atom is -0.370 e. The smallest absolute Gasteiger partial charge is 0.155 e. The number of rotatable bonds is 4. The topological polar surface area (TPSA) is 47.0 Å². The highest BCUT2D eigenvalue weighted by atomic mass is 35.5. The van der Waals surface area contributed by atoms with Gasteiger partial charge in [-0.05, 0) is 37.9 Å². The highest BCUT2D eigenvalue weighted by Crippen LogP contribution is 2.17. The number of nitrogens with one attached hydrogen (secondary N) is 1. The summed E-state index contributed by atoms with van der Waals surface area (Å²) in [5, 5.41) is 3.81. The molecule has 1 aliphatic rings. The lowest BCUT2D eigenvalue weighted by molar-refractivity contribution is 0.0177. The molecule has 0 atom stereocenters. The second-order valence-corrected chi connectivity index (χ2v) is 5.33. The van der Waals surface area contributed by atoms with Gasteiger partial charge in [-0.3, -0.25) is 0 Å². The molecule has 5 heteroatoms. The third-order valence-electron chi connectivity index (χ3n) is 3.09. The Labute approximate surface area is 113 Å². The molecular weight excluding hydrogens is 250 g/mol. The van der Waals surface area contributed by atoms with E-state index in [9.17, 15) is 0 Å². The normalized spacial score (nSPS) is 17.3. The number of aromatic nitrogens is 2. The molecular formula is C13H20ClN3O. The zero-order chi connectivity index (χ0) is 13.0. The van der Waals surface area contributed by atoms with E-state index in [4.69, 9.17) is 16.3 Å². The number of hydrogen-bond donors (Lipinski definition) is 1. The molecule has 2 heterocycles. The third-order valence-corrected chi connectivity index (χ3v) is 3.28. The summed E-state index contributed by atoms with van der Waals surface area (Å²) in [6, 6.07) is 1.82. The Morgan fingerprint density at radius 1 is 1.39 bits per heavy atom. The second-order valence-electron chi connectivity index (χ2n) is 4.95. The van der Waals surface area contributed by atoms with Gasteiger partial charge in [0, 0.05) is 5.69 Å². The molecule has 1 aromatic heterocycles. The Morgan fingerprint density at radius 2 is 2.11 bits per heavy atom. The molecule has 18 heavy (non-hydrogen) atoms. The molecule has 0 aliphatic carbocycles. The Morgan fingerprint density at radius 3 is 2.78 bits per heavy atom. The van der Waals surface area contributed by atoms with Gasteiger partial charge in [0.15, 0.2) is 5.82 Å². The Bertz CT molecular complexity index is 392. The summed E-state index contributed by atoms with van der Waals surface area (Å²) in [5.74, 6) is 1.04. The van der Waals surface area contributed by atoms with Crippen LogP contribution < -0.4 is 5.32 Å². The first-order valence-corrected chi connectivity index (χ1v) is 6.88. The van der Waals surface area contributed by atoms with Gasteiger partial charge in [0.1, 0.15) is 11.8 Å². The minimum absolute atomic E-state index is 0.316. The average Bonchev–Trinajstić information content (AvgIpc) is 2.37. The van der Waals surface area contributed by atoms with Crippen LogP contribution in [-0.2, 0) is 11.3 Å². The number of hydrogen-bond acceptors (Lipinski definition) is 4. The van der Waals surface area contributed by atoms with E-state index >= 15 is 0 Å². The standard InChI is InChI=1S/C13H20ClN3O/c1-9(2)11-7-12(14)17-13(16-11)8-18-10-3-5-15-6-4-10/h7,9-10,15H,3-6,8H2,1-2H3. The molecule has 100 valence electrons. The van der Waals surface area contributed by atoms with Crippen molar-refractivity contribution >= 4 is 11.6 Å². The summed E-state index contributed by atoms with van der Waals surface area (Å²) in [5.41, 5.74) is 0.971. The summed E-state index contributed by atoms with van der Waals surface area (Å²) in [7, 11) is 0. The largest absolute Gasteiger partial charge is 0.370 e. The van der Waals surface area contributed by atoms with Gasteiger partial charge in [-0.25, -0.2) is 9.97 Å². The first-order valence-electron chi connectivity index (χ1n) is 6.51. The molecule has 0 bridgehead atoms. The molecule has 1 aromatic rings. The molecule has 0 amide bonds. The fourth-order valence-corrected chi connectivity index (χ4v) is 2.21. The van der Waals surface area contributed by atoms with Gasteiger partial charge >= 0.3 is 0 Å². The number of nitrogens with zero attached hydrogens (tertiary/aromatic N) is 2. The van der Waals surface area contributed by atoms with Crippen molar-refractivity contribution in [3.63, 3.8) is 0 Å². The van der Waals surface area contributed by atoms with Gasteiger partial charge in [-0.1, -0.05) is 25.4 Å². The maximum atomic E-state index is 6.00. The van der Waals surface area contributed by atoms with Crippen molar-refractivity contribution in [1.29, 1.82) is 0 Å². The van der Waals surface area contributed by atoms with Crippen LogP contribution >= 0.6 is 11.6 Å². The molecule has 0 radical (unpaired) electrons. The fourth-order valence-electron chi connectivity index (χ4n) is 2.00. The number of halogens is 1. The van der Waals surface area contributed by atoms with Crippen molar-refractivity contribution in [2.24, 2.45) is 0 Å². The van der Waals surface area contributed by atoms with E-state index in [1.54, 1.807) is 0 Å². The van der Waals surface area contributed by atoms with Crippen LogP contribution in [0.15, 0.2) is 6.07 Å². The van der Waals surface area contributed by atoms with Crippen molar-refractivity contribution in [2.75, 3.05) is 13.1 Å². The lowest BCUT2D eigenvalue weighted by atomic mass is 10.1. The van der Waals surface area contributed by atoms with E-state index in [1.807, 2.05) is 6.07 Å². The molecule has 2 rings (SSSR count). The van der Waals surface area contributed by atoms with Crippen LogP contribution in [0, 0.1) is 0 Å². The summed E-state index contributed by atoms with van der Waals surface area (Å²) >= 11 is 6.00. The maximum absolute atomic E-state index is 6.00. The van der Waals surface area contributed by atoms with E-state index in [0.29, 0.717) is 29.6 Å². The van der Waals surface area contributed by atoms with E-state index < -0.39 is 0 Å². The van der Waals surface area contributed by atoms with Gasteiger partial charge in [0.05, 0.1) is 6.10 Å². The van der Waals surface area contributed by atoms with Crippen LogP contribution in [0.3, 0.4) is 0 Å². The quantitative estimate of drug-likeness (QED) is 0.854. The number of ether oxygens (including phenoxy) is 1. The first kappa shape index (κ1) is 13.7. The summed E-state index contributed by atoms with van der Waals surface area (Å²) in [6.45, 7) is 6.69. The van der Waals surface area contributed by atoms with Gasteiger partial charge in [-0.2, -0.15) is 0 Å². The van der Waals surface area contributed by atoms with Gasteiger partial charge in [0.2, 0.25) is 0 Å². The molecule has 1 saturated heterocycles. The van der Waals surface area contributed by atoms with E-state index in [2.05, 4.69) is 29.1 Å². The van der Waals surface area contributed by atoms with Crippen LogP contribution in [-0.4, -0.2) is 29.2 Å². The van der Waals surface area contributed by atoms with E-state index in [1.165, 1.54) is 0 Å². The number of piperidine rings is 1. The monoisotopic (exact) mass is 269 g/mol. The molecule has 1 N–H and O–H groups in total. The summed E-state index contributed by atoms with van der Waals surface area (Å²) < 4.78 is 5.84. The van der Waals surface area contributed by atoms with Crippen molar-refractivity contribution in [3.05, 3.63) is 22.7 Å². The van der Waals surface area contributed by atoms with Crippen LogP contribution in [0.4, 0.5) is 0 Å².